The zero-order chi connectivity index (χ0) is 13.9. The summed E-state index contributed by atoms with van der Waals surface area (Å²) >= 11 is 0. The average molecular weight is 267 g/mol. The van der Waals surface area contributed by atoms with E-state index in [0.29, 0.717) is 12.8 Å². The molecule has 0 heterocycles. The van der Waals surface area contributed by atoms with Gasteiger partial charge < -0.3 is 15.5 Å². The molecule has 1 aromatic rings. The second kappa shape index (κ2) is 5.57. The minimum Gasteiger partial charge on any atom is -0.507 e. The van der Waals surface area contributed by atoms with Crippen molar-refractivity contribution in [2.45, 2.75) is 37.6 Å². The largest absolute Gasteiger partial charge is 0.507 e. The van der Waals surface area contributed by atoms with E-state index in [1.807, 2.05) is 0 Å². The van der Waals surface area contributed by atoms with Gasteiger partial charge in [0.1, 0.15) is 11.6 Å². The molecule has 0 radical (unpaired) electrons. The number of hydrogen-bond acceptors (Lipinski definition) is 3. The van der Waals surface area contributed by atoms with Gasteiger partial charge in [0.05, 0.1) is 17.7 Å². The van der Waals surface area contributed by atoms with Crippen molar-refractivity contribution < 1.29 is 19.4 Å². The summed E-state index contributed by atoms with van der Waals surface area (Å²) in [5.74, 6) is -1.39. The highest BCUT2D eigenvalue weighted by Crippen LogP contribution is 2.29. The summed E-state index contributed by atoms with van der Waals surface area (Å²) in [6.07, 6.45) is 4.37. The summed E-state index contributed by atoms with van der Waals surface area (Å²) in [5, 5.41) is 21.9. The Morgan fingerprint density at radius 1 is 1.32 bits per heavy atom. The van der Waals surface area contributed by atoms with E-state index in [9.17, 15) is 19.4 Å². The number of amides is 1. The van der Waals surface area contributed by atoms with Gasteiger partial charge in [-0.1, -0.05) is 19.3 Å². The van der Waals surface area contributed by atoms with Gasteiger partial charge in [-0.05, 0) is 31.0 Å². The summed E-state index contributed by atoms with van der Waals surface area (Å²) in [7, 11) is 0. The first-order valence-corrected chi connectivity index (χ1v) is 6.48. The number of benzene rings is 1. The van der Waals surface area contributed by atoms with Crippen LogP contribution in [0.25, 0.3) is 0 Å². The van der Waals surface area contributed by atoms with Gasteiger partial charge in [-0.2, -0.15) is 0 Å². The molecule has 0 bridgehead atoms. The molecule has 1 saturated carbocycles. The lowest BCUT2D eigenvalue weighted by molar-refractivity contribution is 0.0755. The summed E-state index contributed by atoms with van der Waals surface area (Å²) < 4.78 is 13.1. The van der Waals surface area contributed by atoms with E-state index in [-0.39, 0.29) is 17.9 Å². The zero-order valence-corrected chi connectivity index (χ0v) is 10.7. The summed E-state index contributed by atoms with van der Waals surface area (Å²) in [6, 6.07) is 3.24. The fourth-order valence-electron chi connectivity index (χ4n) is 2.55. The molecule has 19 heavy (non-hydrogen) atoms. The topological polar surface area (TPSA) is 69.6 Å². The molecule has 4 nitrogen and oxygen atoms in total. The van der Waals surface area contributed by atoms with E-state index in [0.717, 1.165) is 37.5 Å². The van der Waals surface area contributed by atoms with Crippen LogP contribution < -0.4 is 5.32 Å². The lowest BCUT2D eigenvalue weighted by Gasteiger charge is -2.36. The smallest absolute Gasteiger partial charge is 0.255 e. The third-order valence-electron chi connectivity index (χ3n) is 3.70. The fraction of sp³-hybridized carbons (Fsp3) is 0.500. The molecule has 0 aliphatic heterocycles. The Labute approximate surface area is 111 Å². The quantitative estimate of drug-likeness (QED) is 0.784. The third-order valence-corrected chi connectivity index (χ3v) is 3.70. The van der Waals surface area contributed by atoms with E-state index in [2.05, 4.69) is 5.32 Å². The molecule has 0 unspecified atom stereocenters. The Hall–Kier alpha value is -1.62. The highest BCUT2D eigenvalue weighted by atomic mass is 19.1. The van der Waals surface area contributed by atoms with Crippen molar-refractivity contribution >= 4 is 5.91 Å². The monoisotopic (exact) mass is 267 g/mol. The van der Waals surface area contributed by atoms with E-state index >= 15 is 0 Å². The predicted molar refractivity (Wildman–Crippen MR) is 68.4 cm³/mol. The SMILES string of the molecule is O=C(NC1(CO)CCCCC1)c1cc(F)ccc1O. The van der Waals surface area contributed by atoms with Crippen LogP contribution in [0.1, 0.15) is 42.5 Å². The molecule has 1 fully saturated rings. The highest BCUT2D eigenvalue weighted by Gasteiger charge is 2.33. The molecule has 0 spiro atoms. The van der Waals surface area contributed by atoms with Crippen LogP contribution in [0.2, 0.25) is 0 Å². The molecule has 0 aromatic heterocycles. The number of carbonyl (C=O) groups excluding carboxylic acids is 1. The van der Waals surface area contributed by atoms with Gasteiger partial charge in [-0.15, -0.1) is 0 Å². The Kier molecular flexibility index (Phi) is 4.04. The maximum atomic E-state index is 13.1. The van der Waals surface area contributed by atoms with E-state index in [4.69, 9.17) is 0 Å². The molecule has 0 atom stereocenters. The van der Waals surface area contributed by atoms with Crippen molar-refractivity contribution in [3.05, 3.63) is 29.6 Å². The number of hydrogen-bond donors (Lipinski definition) is 3. The maximum absolute atomic E-state index is 13.1. The number of aliphatic hydroxyl groups excluding tert-OH is 1. The number of phenols is 1. The van der Waals surface area contributed by atoms with Crippen LogP contribution in [-0.2, 0) is 0 Å². The number of aliphatic hydroxyl groups is 1. The van der Waals surface area contributed by atoms with Crippen LogP contribution >= 0.6 is 0 Å². The first kappa shape index (κ1) is 13.8. The van der Waals surface area contributed by atoms with E-state index in [1.54, 1.807) is 0 Å². The van der Waals surface area contributed by atoms with Crippen molar-refractivity contribution in [3.8, 4) is 5.75 Å². The predicted octanol–water partition coefficient (Wildman–Crippen LogP) is 1.96. The minimum atomic E-state index is -0.645. The average Bonchev–Trinajstić information content (AvgIpc) is 2.42. The molecular formula is C14H18FNO3. The van der Waals surface area contributed by atoms with Crippen LogP contribution in [-0.4, -0.2) is 28.3 Å². The Balaban J connectivity index is 2.17. The Morgan fingerprint density at radius 3 is 2.63 bits per heavy atom. The Morgan fingerprint density at radius 2 is 2.00 bits per heavy atom. The lowest BCUT2D eigenvalue weighted by atomic mass is 9.82. The number of rotatable bonds is 3. The van der Waals surface area contributed by atoms with Crippen molar-refractivity contribution in [3.63, 3.8) is 0 Å². The standard InChI is InChI=1S/C14H18FNO3/c15-10-4-5-12(18)11(8-10)13(19)16-14(9-17)6-2-1-3-7-14/h4-5,8,17-18H,1-3,6-7,9H2,(H,16,19). The molecule has 104 valence electrons. The molecule has 5 heteroatoms. The number of carbonyl (C=O) groups is 1. The summed E-state index contributed by atoms with van der Waals surface area (Å²) in [4.78, 5) is 12.1. The van der Waals surface area contributed by atoms with Gasteiger partial charge >= 0.3 is 0 Å². The normalized spacial score (nSPS) is 18.0. The molecule has 2 rings (SSSR count). The van der Waals surface area contributed by atoms with Crippen molar-refractivity contribution in [2.24, 2.45) is 0 Å². The van der Waals surface area contributed by atoms with Gasteiger partial charge in [0.2, 0.25) is 0 Å². The number of halogens is 1. The van der Waals surface area contributed by atoms with Crippen molar-refractivity contribution in [1.29, 1.82) is 0 Å². The third kappa shape index (κ3) is 3.04. The van der Waals surface area contributed by atoms with Crippen LogP contribution in [0.5, 0.6) is 5.75 Å². The molecule has 0 saturated heterocycles. The minimum absolute atomic E-state index is 0.0987. The van der Waals surface area contributed by atoms with Crippen LogP contribution in [0.3, 0.4) is 0 Å². The molecule has 1 amide bonds. The first-order valence-electron chi connectivity index (χ1n) is 6.48. The highest BCUT2D eigenvalue weighted by molar-refractivity contribution is 5.97. The van der Waals surface area contributed by atoms with E-state index < -0.39 is 17.3 Å². The molecule has 1 aliphatic carbocycles. The van der Waals surface area contributed by atoms with Gasteiger partial charge in [-0.25, -0.2) is 4.39 Å². The number of nitrogens with one attached hydrogen (secondary N) is 1. The summed E-state index contributed by atoms with van der Waals surface area (Å²) in [6.45, 7) is -0.144. The first-order chi connectivity index (χ1) is 9.06. The van der Waals surface area contributed by atoms with Gasteiger partial charge in [0.15, 0.2) is 0 Å². The zero-order valence-electron chi connectivity index (χ0n) is 10.7. The van der Waals surface area contributed by atoms with E-state index in [1.165, 1.54) is 0 Å². The molecule has 3 N–H and O–H groups in total. The van der Waals surface area contributed by atoms with Gasteiger partial charge in [0.25, 0.3) is 5.91 Å². The van der Waals surface area contributed by atoms with Gasteiger partial charge in [0, 0.05) is 0 Å². The lowest BCUT2D eigenvalue weighted by Crippen LogP contribution is -2.52. The number of aromatic hydroxyl groups is 1. The molecular weight excluding hydrogens is 249 g/mol. The van der Waals surface area contributed by atoms with Crippen LogP contribution in [0, 0.1) is 5.82 Å². The van der Waals surface area contributed by atoms with Crippen LogP contribution in [0.4, 0.5) is 4.39 Å². The Bertz CT molecular complexity index is 470. The second-order valence-corrected chi connectivity index (χ2v) is 5.11. The number of phenolic OH excluding ortho intramolecular Hbond substituents is 1. The van der Waals surface area contributed by atoms with Gasteiger partial charge in [-0.3, -0.25) is 4.79 Å². The second-order valence-electron chi connectivity index (χ2n) is 5.11. The molecule has 1 aliphatic rings. The van der Waals surface area contributed by atoms with Crippen molar-refractivity contribution in [2.75, 3.05) is 6.61 Å². The summed E-state index contributed by atoms with van der Waals surface area (Å²) in [5.41, 5.74) is -0.743. The van der Waals surface area contributed by atoms with Crippen LogP contribution in [0.15, 0.2) is 18.2 Å². The fourth-order valence-corrected chi connectivity index (χ4v) is 2.55. The van der Waals surface area contributed by atoms with Crippen molar-refractivity contribution in [1.82, 2.24) is 5.32 Å². The molecule has 1 aromatic carbocycles. The maximum Gasteiger partial charge on any atom is 0.255 e.